The van der Waals surface area contributed by atoms with Crippen LogP contribution in [0.15, 0.2) is 48.5 Å². The molecule has 31 heavy (non-hydrogen) atoms. The van der Waals surface area contributed by atoms with Gasteiger partial charge in [-0.1, -0.05) is 48.0 Å². The Balaban J connectivity index is 1.55. The van der Waals surface area contributed by atoms with Crippen LogP contribution in [-0.4, -0.2) is 46.4 Å². The number of aryl methyl sites for hydroxylation is 1. The van der Waals surface area contributed by atoms with E-state index < -0.39 is 29.5 Å². The van der Waals surface area contributed by atoms with Gasteiger partial charge in [-0.2, -0.15) is 0 Å². The number of hydrogen-bond donors (Lipinski definition) is 3. The highest BCUT2D eigenvalue weighted by Crippen LogP contribution is 2.53. The zero-order chi connectivity index (χ0) is 21.9. The summed E-state index contributed by atoms with van der Waals surface area (Å²) in [6.07, 6.45) is -0.362. The number of imide groups is 1. The van der Waals surface area contributed by atoms with Crippen LogP contribution in [0.25, 0.3) is 0 Å². The number of anilines is 1. The van der Waals surface area contributed by atoms with E-state index in [1.165, 1.54) is 4.90 Å². The van der Waals surface area contributed by atoms with E-state index >= 15 is 0 Å². The number of amides is 3. The first kappa shape index (κ1) is 19.9. The summed E-state index contributed by atoms with van der Waals surface area (Å²) in [6, 6.07) is 14.6. The van der Waals surface area contributed by atoms with Gasteiger partial charge in [0, 0.05) is 23.8 Å². The summed E-state index contributed by atoms with van der Waals surface area (Å²) in [4.78, 5) is 41.5. The van der Waals surface area contributed by atoms with Crippen molar-refractivity contribution in [2.75, 3.05) is 11.9 Å². The molecule has 7 heteroatoms. The fourth-order valence-corrected chi connectivity index (χ4v) is 5.43. The van der Waals surface area contributed by atoms with Crippen LogP contribution in [0.4, 0.5) is 5.69 Å². The standard InChI is InChI=1S/C24H25N3O4/c1-13-8-9-17-16(12-13)24(23(31)25-17)19-18(20(26-24)14(2)28)21(29)27(22(19)30)11-10-15-6-4-3-5-7-15/h3-9,12,14,18-20,26,28H,10-11H2,1-2H3,(H,25,31)/t14-,18+,19+,20+,24+/m1/s1. The summed E-state index contributed by atoms with van der Waals surface area (Å²) in [5.74, 6) is -2.71. The monoisotopic (exact) mass is 419 g/mol. The average Bonchev–Trinajstić information content (AvgIpc) is 3.33. The summed E-state index contributed by atoms with van der Waals surface area (Å²) >= 11 is 0. The number of carbonyl (C=O) groups excluding carboxylic acids is 3. The van der Waals surface area contributed by atoms with Gasteiger partial charge in [0.2, 0.25) is 17.7 Å². The van der Waals surface area contributed by atoms with E-state index in [0.29, 0.717) is 17.7 Å². The lowest BCUT2D eigenvalue weighted by atomic mass is 9.76. The van der Waals surface area contributed by atoms with Gasteiger partial charge in [0.15, 0.2) is 0 Å². The van der Waals surface area contributed by atoms with Crippen LogP contribution in [0.1, 0.15) is 23.6 Å². The van der Waals surface area contributed by atoms with Crippen LogP contribution < -0.4 is 10.6 Å². The molecule has 7 nitrogen and oxygen atoms in total. The van der Waals surface area contributed by atoms with Gasteiger partial charge in [-0.25, -0.2) is 0 Å². The number of aliphatic hydroxyl groups excluding tert-OH is 1. The van der Waals surface area contributed by atoms with Crippen molar-refractivity contribution < 1.29 is 19.5 Å². The molecule has 3 N–H and O–H groups in total. The molecule has 160 valence electrons. The van der Waals surface area contributed by atoms with Gasteiger partial charge in [-0.3, -0.25) is 24.6 Å². The molecule has 0 radical (unpaired) electrons. The van der Waals surface area contributed by atoms with Crippen LogP contribution in [0.2, 0.25) is 0 Å². The Morgan fingerprint density at radius 3 is 2.55 bits per heavy atom. The molecule has 2 saturated heterocycles. The Kier molecular flexibility index (Phi) is 4.50. The molecule has 1 spiro atoms. The van der Waals surface area contributed by atoms with Gasteiger partial charge in [0.05, 0.1) is 17.9 Å². The number of likely N-dealkylation sites (tertiary alicyclic amines) is 1. The number of carbonyl (C=O) groups is 3. The second kappa shape index (κ2) is 7.00. The van der Waals surface area contributed by atoms with E-state index in [4.69, 9.17) is 0 Å². The summed E-state index contributed by atoms with van der Waals surface area (Å²) in [7, 11) is 0. The first-order valence-electron chi connectivity index (χ1n) is 10.6. The molecule has 2 fully saturated rings. The highest BCUT2D eigenvalue weighted by atomic mass is 16.3. The quantitative estimate of drug-likeness (QED) is 0.650. The van der Waals surface area contributed by atoms with Gasteiger partial charge < -0.3 is 10.4 Å². The predicted octanol–water partition coefficient (Wildman–Crippen LogP) is 1.34. The zero-order valence-electron chi connectivity index (χ0n) is 17.5. The fourth-order valence-electron chi connectivity index (χ4n) is 5.43. The van der Waals surface area contributed by atoms with E-state index in [0.717, 1.165) is 11.1 Å². The third kappa shape index (κ3) is 2.77. The Labute approximate surface area is 180 Å². The van der Waals surface area contributed by atoms with Crippen molar-refractivity contribution in [3.05, 3.63) is 65.2 Å². The first-order valence-corrected chi connectivity index (χ1v) is 10.6. The van der Waals surface area contributed by atoms with E-state index in [9.17, 15) is 19.5 Å². The normalized spacial score (nSPS) is 30.0. The zero-order valence-corrected chi connectivity index (χ0v) is 17.5. The van der Waals surface area contributed by atoms with E-state index in [1.807, 2.05) is 55.5 Å². The minimum absolute atomic E-state index is 0.250. The van der Waals surface area contributed by atoms with E-state index in [-0.39, 0.29) is 24.3 Å². The maximum atomic E-state index is 13.6. The Morgan fingerprint density at radius 1 is 1.10 bits per heavy atom. The number of rotatable bonds is 4. The summed E-state index contributed by atoms with van der Waals surface area (Å²) in [5, 5.41) is 16.6. The van der Waals surface area contributed by atoms with Crippen molar-refractivity contribution in [3.63, 3.8) is 0 Å². The van der Waals surface area contributed by atoms with Gasteiger partial charge in [-0.15, -0.1) is 0 Å². The summed E-state index contributed by atoms with van der Waals surface area (Å²) in [5.41, 5.74) is 1.92. The lowest BCUT2D eigenvalue weighted by Crippen LogP contribution is -2.55. The smallest absolute Gasteiger partial charge is 0.250 e. The first-order chi connectivity index (χ1) is 14.8. The van der Waals surface area contributed by atoms with Crippen molar-refractivity contribution in [2.24, 2.45) is 11.8 Å². The minimum Gasteiger partial charge on any atom is -0.392 e. The number of benzene rings is 2. The molecule has 0 aliphatic carbocycles. The second-order valence-electron chi connectivity index (χ2n) is 8.79. The van der Waals surface area contributed by atoms with Crippen LogP contribution >= 0.6 is 0 Å². The van der Waals surface area contributed by atoms with Gasteiger partial charge in [-0.05, 0) is 31.9 Å². The van der Waals surface area contributed by atoms with Crippen LogP contribution in [-0.2, 0) is 26.3 Å². The van der Waals surface area contributed by atoms with Crippen LogP contribution in [0, 0.1) is 18.8 Å². The third-order valence-electron chi connectivity index (χ3n) is 6.88. The molecule has 3 heterocycles. The molecule has 3 aliphatic heterocycles. The third-order valence-corrected chi connectivity index (χ3v) is 6.88. The Morgan fingerprint density at radius 2 is 1.84 bits per heavy atom. The van der Waals surface area contributed by atoms with Gasteiger partial charge >= 0.3 is 0 Å². The van der Waals surface area contributed by atoms with Crippen LogP contribution in [0.5, 0.6) is 0 Å². The largest absolute Gasteiger partial charge is 0.392 e. The molecule has 0 unspecified atom stereocenters. The van der Waals surface area contributed by atoms with Crippen molar-refractivity contribution in [3.8, 4) is 0 Å². The molecular weight excluding hydrogens is 394 g/mol. The minimum atomic E-state index is -1.36. The molecule has 3 amide bonds. The van der Waals surface area contributed by atoms with E-state index in [2.05, 4.69) is 10.6 Å². The topological polar surface area (TPSA) is 98.7 Å². The Bertz CT molecular complexity index is 1080. The molecule has 0 saturated carbocycles. The lowest BCUT2D eigenvalue weighted by Gasteiger charge is -2.30. The SMILES string of the molecule is Cc1ccc2c(c1)[C@@]1(N[C@@H]([C@@H](C)O)[C@H]3C(=O)N(CCc4ccccc4)C(=O)[C@H]31)C(=O)N2. The number of nitrogens with one attached hydrogen (secondary N) is 2. The van der Waals surface area contributed by atoms with Crippen molar-refractivity contribution in [1.29, 1.82) is 0 Å². The molecule has 2 aromatic carbocycles. The average molecular weight is 419 g/mol. The lowest BCUT2D eigenvalue weighted by molar-refractivity contribution is -0.143. The summed E-state index contributed by atoms with van der Waals surface area (Å²) in [6.45, 7) is 3.75. The molecular formula is C24H25N3O4. The molecule has 0 aromatic heterocycles. The highest BCUT2D eigenvalue weighted by Gasteiger charge is 2.70. The molecule has 0 bridgehead atoms. The Hall–Kier alpha value is -3.03. The second-order valence-corrected chi connectivity index (χ2v) is 8.79. The number of nitrogens with zero attached hydrogens (tertiary/aromatic N) is 1. The van der Waals surface area contributed by atoms with Crippen molar-refractivity contribution >= 4 is 23.4 Å². The molecule has 5 rings (SSSR count). The van der Waals surface area contributed by atoms with Crippen molar-refractivity contribution in [2.45, 2.75) is 38.0 Å². The molecule has 3 aliphatic rings. The van der Waals surface area contributed by atoms with Crippen LogP contribution in [0.3, 0.4) is 0 Å². The maximum absolute atomic E-state index is 13.6. The number of aliphatic hydroxyl groups is 1. The van der Waals surface area contributed by atoms with Gasteiger partial charge in [0.1, 0.15) is 5.54 Å². The summed E-state index contributed by atoms with van der Waals surface area (Å²) < 4.78 is 0. The fraction of sp³-hybridized carbons (Fsp3) is 0.375. The molecule has 5 atom stereocenters. The highest BCUT2D eigenvalue weighted by molar-refractivity contribution is 6.15. The van der Waals surface area contributed by atoms with E-state index in [1.54, 1.807) is 6.92 Å². The predicted molar refractivity (Wildman–Crippen MR) is 114 cm³/mol. The maximum Gasteiger partial charge on any atom is 0.250 e. The number of hydrogen-bond acceptors (Lipinski definition) is 5. The van der Waals surface area contributed by atoms with Crippen molar-refractivity contribution in [1.82, 2.24) is 10.2 Å². The number of fused-ring (bicyclic) bond motifs is 4. The van der Waals surface area contributed by atoms with Gasteiger partial charge in [0.25, 0.3) is 0 Å². The molecule has 2 aromatic rings.